The Morgan fingerprint density at radius 1 is 1.17 bits per heavy atom. The third-order valence-electron chi connectivity index (χ3n) is 2.67. The van der Waals surface area contributed by atoms with Gasteiger partial charge in [-0.1, -0.05) is 37.1 Å². The summed E-state index contributed by atoms with van der Waals surface area (Å²) in [6.45, 7) is 2.57. The van der Waals surface area contributed by atoms with E-state index in [4.69, 9.17) is 16.3 Å². The predicted octanol–water partition coefficient (Wildman–Crippen LogP) is 4.27. The summed E-state index contributed by atoms with van der Waals surface area (Å²) in [5.74, 6) is 0.844. The van der Waals surface area contributed by atoms with Crippen LogP contribution in [-0.4, -0.2) is 4.98 Å². The van der Waals surface area contributed by atoms with E-state index in [0.29, 0.717) is 11.6 Å². The summed E-state index contributed by atoms with van der Waals surface area (Å²) in [6.07, 6.45) is 3.98. The van der Waals surface area contributed by atoms with E-state index in [0.717, 1.165) is 24.3 Å². The van der Waals surface area contributed by atoms with Crippen molar-refractivity contribution in [2.24, 2.45) is 0 Å². The maximum Gasteiger partial charge on any atom is 0.132 e. The van der Waals surface area contributed by atoms with Crippen molar-refractivity contribution in [3.8, 4) is 5.75 Å². The summed E-state index contributed by atoms with van der Waals surface area (Å²) in [5, 5.41) is 0.639. The second-order valence-electron chi connectivity index (χ2n) is 4.11. The van der Waals surface area contributed by atoms with Crippen LogP contribution in [0, 0.1) is 0 Å². The summed E-state index contributed by atoms with van der Waals surface area (Å²) in [4.78, 5) is 4.18. The van der Waals surface area contributed by atoms with Crippen LogP contribution in [0.1, 0.15) is 24.6 Å². The van der Waals surface area contributed by atoms with Crippen molar-refractivity contribution in [1.82, 2.24) is 4.98 Å². The van der Waals surface area contributed by atoms with Crippen LogP contribution in [0.15, 0.2) is 42.6 Å². The SMILES string of the molecule is CCCc1ccc(OCc2ncccc2Cl)cc1. The van der Waals surface area contributed by atoms with Crippen molar-refractivity contribution in [2.45, 2.75) is 26.4 Å². The van der Waals surface area contributed by atoms with Gasteiger partial charge in [-0.25, -0.2) is 0 Å². The van der Waals surface area contributed by atoms with Crippen LogP contribution in [0.2, 0.25) is 5.02 Å². The summed E-state index contributed by atoms with van der Waals surface area (Å²) < 4.78 is 5.66. The molecule has 1 heterocycles. The lowest BCUT2D eigenvalue weighted by Crippen LogP contribution is -1.98. The number of ether oxygens (including phenoxy) is 1. The van der Waals surface area contributed by atoms with Crippen LogP contribution in [-0.2, 0) is 13.0 Å². The van der Waals surface area contributed by atoms with Gasteiger partial charge < -0.3 is 4.74 Å². The zero-order chi connectivity index (χ0) is 12.8. The Bertz CT molecular complexity index is 496. The van der Waals surface area contributed by atoms with Crippen molar-refractivity contribution < 1.29 is 4.74 Å². The average molecular weight is 262 g/mol. The molecule has 1 aromatic heterocycles. The molecule has 0 unspecified atom stereocenters. The normalized spacial score (nSPS) is 10.3. The first-order valence-electron chi connectivity index (χ1n) is 6.10. The predicted molar refractivity (Wildman–Crippen MR) is 74.0 cm³/mol. The maximum atomic E-state index is 6.01. The van der Waals surface area contributed by atoms with E-state index in [1.54, 1.807) is 6.20 Å². The molecule has 0 aliphatic carbocycles. The number of rotatable bonds is 5. The number of aryl methyl sites for hydroxylation is 1. The highest BCUT2D eigenvalue weighted by molar-refractivity contribution is 6.31. The van der Waals surface area contributed by atoms with Crippen LogP contribution in [0.25, 0.3) is 0 Å². The Morgan fingerprint density at radius 2 is 1.94 bits per heavy atom. The zero-order valence-electron chi connectivity index (χ0n) is 10.4. The molecular weight excluding hydrogens is 246 g/mol. The van der Waals surface area contributed by atoms with E-state index in [2.05, 4.69) is 24.0 Å². The molecule has 0 atom stereocenters. The van der Waals surface area contributed by atoms with Gasteiger partial charge >= 0.3 is 0 Å². The first-order valence-corrected chi connectivity index (χ1v) is 6.48. The lowest BCUT2D eigenvalue weighted by Gasteiger charge is -2.07. The summed E-state index contributed by atoms with van der Waals surface area (Å²) in [6, 6.07) is 11.8. The lowest BCUT2D eigenvalue weighted by molar-refractivity contribution is 0.301. The summed E-state index contributed by atoms with van der Waals surface area (Å²) in [5.41, 5.74) is 2.09. The van der Waals surface area contributed by atoms with Gasteiger partial charge in [-0.3, -0.25) is 4.98 Å². The highest BCUT2D eigenvalue weighted by atomic mass is 35.5. The van der Waals surface area contributed by atoms with Gasteiger partial charge in [0, 0.05) is 6.20 Å². The van der Waals surface area contributed by atoms with Gasteiger partial charge in [-0.05, 0) is 36.2 Å². The van der Waals surface area contributed by atoms with E-state index in [9.17, 15) is 0 Å². The first-order chi connectivity index (χ1) is 8.79. The van der Waals surface area contributed by atoms with Crippen LogP contribution >= 0.6 is 11.6 Å². The molecule has 0 saturated heterocycles. The maximum absolute atomic E-state index is 6.01. The van der Waals surface area contributed by atoms with Gasteiger partial charge in [0.05, 0.1) is 10.7 Å². The molecule has 0 aliphatic heterocycles. The highest BCUT2D eigenvalue weighted by Crippen LogP contribution is 2.17. The van der Waals surface area contributed by atoms with Crippen LogP contribution in [0.3, 0.4) is 0 Å². The highest BCUT2D eigenvalue weighted by Gasteiger charge is 2.02. The third-order valence-corrected chi connectivity index (χ3v) is 3.02. The molecular formula is C15H16ClNO. The number of hydrogen-bond acceptors (Lipinski definition) is 2. The molecule has 2 rings (SSSR count). The summed E-state index contributed by atoms with van der Waals surface area (Å²) in [7, 11) is 0. The van der Waals surface area contributed by atoms with Gasteiger partial charge in [-0.2, -0.15) is 0 Å². The van der Waals surface area contributed by atoms with Gasteiger partial charge in [-0.15, -0.1) is 0 Å². The molecule has 1 aromatic carbocycles. The van der Waals surface area contributed by atoms with E-state index in [1.807, 2.05) is 24.3 Å². The number of hydrogen-bond donors (Lipinski definition) is 0. The molecule has 2 aromatic rings. The van der Waals surface area contributed by atoms with Crippen LogP contribution < -0.4 is 4.74 Å². The third kappa shape index (κ3) is 3.47. The minimum atomic E-state index is 0.396. The molecule has 2 nitrogen and oxygen atoms in total. The Balaban J connectivity index is 1.96. The van der Waals surface area contributed by atoms with Crippen molar-refractivity contribution in [2.75, 3.05) is 0 Å². The van der Waals surface area contributed by atoms with E-state index in [-0.39, 0.29) is 0 Å². The van der Waals surface area contributed by atoms with Gasteiger partial charge in [0.1, 0.15) is 12.4 Å². The second kappa shape index (κ2) is 6.41. The molecule has 3 heteroatoms. The van der Waals surface area contributed by atoms with Crippen molar-refractivity contribution in [3.63, 3.8) is 0 Å². The Morgan fingerprint density at radius 3 is 2.61 bits per heavy atom. The average Bonchev–Trinajstić information content (AvgIpc) is 2.40. The van der Waals surface area contributed by atoms with Gasteiger partial charge in [0.2, 0.25) is 0 Å². The molecule has 0 fully saturated rings. The van der Waals surface area contributed by atoms with Crippen molar-refractivity contribution in [1.29, 1.82) is 0 Å². The number of halogens is 1. The Kier molecular flexibility index (Phi) is 4.59. The molecule has 18 heavy (non-hydrogen) atoms. The number of pyridine rings is 1. The lowest BCUT2D eigenvalue weighted by atomic mass is 10.1. The molecule has 0 radical (unpaired) electrons. The molecule has 0 aliphatic rings. The van der Waals surface area contributed by atoms with E-state index >= 15 is 0 Å². The molecule has 0 amide bonds. The molecule has 0 N–H and O–H groups in total. The monoisotopic (exact) mass is 261 g/mol. The molecule has 94 valence electrons. The van der Waals surface area contributed by atoms with Crippen LogP contribution in [0.5, 0.6) is 5.75 Å². The zero-order valence-corrected chi connectivity index (χ0v) is 11.2. The molecule has 0 bridgehead atoms. The quantitative estimate of drug-likeness (QED) is 0.802. The van der Waals surface area contributed by atoms with E-state index in [1.165, 1.54) is 5.56 Å². The largest absolute Gasteiger partial charge is 0.487 e. The van der Waals surface area contributed by atoms with Crippen molar-refractivity contribution >= 4 is 11.6 Å². The van der Waals surface area contributed by atoms with E-state index < -0.39 is 0 Å². The van der Waals surface area contributed by atoms with Gasteiger partial charge in [0.25, 0.3) is 0 Å². The second-order valence-corrected chi connectivity index (χ2v) is 4.52. The fraction of sp³-hybridized carbons (Fsp3) is 0.267. The smallest absolute Gasteiger partial charge is 0.132 e. The number of aromatic nitrogens is 1. The minimum Gasteiger partial charge on any atom is -0.487 e. The van der Waals surface area contributed by atoms with Crippen molar-refractivity contribution in [3.05, 3.63) is 58.9 Å². The topological polar surface area (TPSA) is 22.1 Å². The number of nitrogens with zero attached hydrogens (tertiary/aromatic N) is 1. The first kappa shape index (κ1) is 12.9. The van der Waals surface area contributed by atoms with Gasteiger partial charge in [0.15, 0.2) is 0 Å². The number of benzene rings is 1. The molecule has 0 spiro atoms. The Labute approximate surface area is 113 Å². The molecule has 0 saturated carbocycles. The standard InChI is InChI=1S/C15H16ClNO/c1-2-4-12-6-8-13(9-7-12)18-11-15-14(16)5-3-10-17-15/h3,5-10H,2,4,11H2,1H3. The minimum absolute atomic E-state index is 0.396. The Hall–Kier alpha value is -1.54. The fourth-order valence-corrected chi connectivity index (χ4v) is 1.89. The van der Waals surface area contributed by atoms with Crippen LogP contribution in [0.4, 0.5) is 0 Å². The summed E-state index contributed by atoms with van der Waals surface area (Å²) >= 11 is 6.01. The fourth-order valence-electron chi connectivity index (χ4n) is 1.72.